The number of nitrogens with zero attached hydrogens (tertiary/aromatic N) is 1. The monoisotopic (exact) mass is 296 g/mol. The minimum atomic E-state index is -0.346. The van der Waals surface area contributed by atoms with Crippen LogP contribution in [0.5, 0.6) is 0 Å². The number of thiophene rings is 1. The molecule has 0 bridgehead atoms. The molecule has 0 aliphatic heterocycles. The number of rotatable bonds is 5. The molecule has 2 heterocycles. The maximum absolute atomic E-state index is 11.7. The Morgan fingerprint density at radius 3 is 2.89 bits per heavy atom. The van der Waals surface area contributed by atoms with E-state index in [1.165, 1.54) is 18.4 Å². The molecule has 0 saturated carbocycles. The van der Waals surface area contributed by atoms with Gasteiger partial charge in [0.05, 0.1) is 25.6 Å². The van der Waals surface area contributed by atoms with E-state index in [9.17, 15) is 9.59 Å². The molecule has 0 unspecified atom stereocenters. The van der Waals surface area contributed by atoms with Gasteiger partial charge >= 0.3 is 5.97 Å². The van der Waals surface area contributed by atoms with Crippen molar-refractivity contribution in [3.05, 3.63) is 33.5 Å². The van der Waals surface area contributed by atoms with Gasteiger partial charge in [0.1, 0.15) is 0 Å². The predicted molar refractivity (Wildman–Crippen MR) is 74.5 cm³/mol. The van der Waals surface area contributed by atoms with E-state index in [1.807, 2.05) is 16.8 Å². The molecule has 0 spiro atoms. The molecule has 2 aromatic rings. The second-order valence-corrected chi connectivity index (χ2v) is 5.39. The smallest absolute Gasteiger partial charge is 0.311 e. The Morgan fingerprint density at radius 2 is 2.21 bits per heavy atom. The van der Waals surface area contributed by atoms with E-state index >= 15 is 0 Å². The highest BCUT2D eigenvalue weighted by Gasteiger charge is 2.10. The van der Waals surface area contributed by atoms with Crippen molar-refractivity contribution < 1.29 is 14.3 Å². The fraction of sp³-hybridized carbons (Fsp3) is 0.250. The third-order valence-electron chi connectivity index (χ3n) is 2.30. The summed E-state index contributed by atoms with van der Waals surface area (Å²) < 4.78 is 4.55. The van der Waals surface area contributed by atoms with Crippen LogP contribution in [0.2, 0.25) is 0 Å². The standard InChI is InChI=1S/C12H12N2O3S2/c1-17-11(16)5-9-7-19-12(13-9)14-10(15)4-8-2-3-18-6-8/h2-3,6-7H,4-5H2,1H3,(H,13,14,15). The van der Waals surface area contributed by atoms with Crippen LogP contribution in [0.15, 0.2) is 22.2 Å². The van der Waals surface area contributed by atoms with Gasteiger partial charge in [-0.25, -0.2) is 4.98 Å². The zero-order valence-electron chi connectivity index (χ0n) is 10.2. The number of hydrogen-bond acceptors (Lipinski definition) is 6. The molecule has 2 aromatic heterocycles. The molecule has 2 rings (SSSR count). The highest BCUT2D eigenvalue weighted by atomic mass is 32.1. The zero-order chi connectivity index (χ0) is 13.7. The summed E-state index contributed by atoms with van der Waals surface area (Å²) in [5.74, 6) is -0.459. The van der Waals surface area contributed by atoms with Crippen molar-refractivity contribution in [3.8, 4) is 0 Å². The van der Waals surface area contributed by atoms with Crippen molar-refractivity contribution in [3.63, 3.8) is 0 Å². The number of esters is 1. The van der Waals surface area contributed by atoms with Crippen LogP contribution in [0.1, 0.15) is 11.3 Å². The van der Waals surface area contributed by atoms with E-state index in [4.69, 9.17) is 0 Å². The maximum Gasteiger partial charge on any atom is 0.311 e. The van der Waals surface area contributed by atoms with Gasteiger partial charge in [-0.1, -0.05) is 0 Å². The summed E-state index contributed by atoms with van der Waals surface area (Å²) in [7, 11) is 1.33. The van der Waals surface area contributed by atoms with Crippen molar-refractivity contribution >= 4 is 39.7 Å². The summed E-state index contributed by atoms with van der Waals surface area (Å²) in [4.78, 5) is 27.0. The first-order chi connectivity index (χ1) is 9.17. The topological polar surface area (TPSA) is 68.3 Å². The largest absolute Gasteiger partial charge is 0.469 e. The lowest BCUT2D eigenvalue weighted by atomic mass is 10.2. The Labute approximate surface area is 118 Å². The Bertz CT molecular complexity index is 563. The number of methoxy groups -OCH3 is 1. The molecule has 0 aliphatic carbocycles. The molecule has 0 fully saturated rings. The van der Waals surface area contributed by atoms with Gasteiger partial charge in [0.15, 0.2) is 5.13 Å². The fourth-order valence-corrected chi connectivity index (χ4v) is 2.80. The lowest BCUT2D eigenvalue weighted by Crippen LogP contribution is -2.14. The summed E-state index contributed by atoms with van der Waals surface area (Å²) in [6, 6.07) is 1.91. The summed E-state index contributed by atoms with van der Waals surface area (Å²) in [6.07, 6.45) is 0.447. The van der Waals surface area contributed by atoms with Crippen molar-refractivity contribution in [2.75, 3.05) is 12.4 Å². The zero-order valence-corrected chi connectivity index (χ0v) is 11.8. The van der Waals surface area contributed by atoms with E-state index in [1.54, 1.807) is 16.7 Å². The van der Waals surface area contributed by atoms with Gasteiger partial charge in [0, 0.05) is 5.38 Å². The average molecular weight is 296 g/mol. The lowest BCUT2D eigenvalue weighted by molar-refractivity contribution is -0.139. The van der Waals surface area contributed by atoms with E-state index < -0.39 is 0 Å². The molecule has 0 aromatic carbocycles. The van der Waals surface area contributed by atoms with Gasteiger partial charge in [-0.2, -0.15) is 11.3 Å². The highest BCUT2D eigenvalue weighted by Crippen LogP contribution is 2.16. The number of hydrogen-bond donors (Lipinski definition) is 1. The van der Waals surface area contributed by atoms with Crippen LogP contribution in [0.3, 0.4) is 0 Å². The summed E-state index contributed by atoms with van der Waals surface area (Å²) in [5.41, 5.74) is 1.58. The lowest BCUT2D eigenvalue weighted by Gasteiger charge is -1.99. The fourth-order valence-electron chi connectivity index (χ4n) is 1.41. The van der Waals surface area contributed by atoms with E-state index in [2.05, 4.69) is 15.0 Å². The Morgan fingerprint density at radius 1 is 1.37 bits per heavy atom. The molecule has 0 radical (unpaired) electrons. The first-order valence-electron chi connectivity index (χ1n) is 5.49. The molecule has 0 atom stereocenters. The minimum absolute atomic E-state index is 0.114. The number of anilines is 1. The maximum atomic E-state index is 11.7. The second kappa shape index (κ2) is 6.44. The second-order valence-electron chi connectivity index (χ2n) is 3.75. The molecule has 0 aliphatic rings. The van der Waals surface area contributed by atoms with Crippen LogP contribution in [0.4, 0.5) is 5.13 Å². The van der Waals surface area contributed by atoms with Crippen LogP contribution < -0.4 is 5.32 Å². The molecule has 5 nitrogen and oxygen atoms in total. The van der Waals surface area contributed by atoms with Crippen molar-refractivity contribution in [1.82, 2.24) is 4.98 Å². The average Bonchev–Trinajstić information content (AvgIpc) is 3.01. The molecule has 0 saturated heterocycles. The van der Waals surface area contributed by atoms with Crippen molar-refractivity contribution in [2.45, 2.75) is 12.8 Å². The molecule has 1 N–H and O–H groups in total. The summed E-state index contributed by atoms with van der Waals surface area (Å²) in [5, 5.41) is 8.81. The van der Waals surface area contributed by atoms with Crippen LogP contribution in [-0.2, 0) is 27.2 Å². The van der Waals surface area contributed by atoms with Gasteiger partial charge in [0.25, 0.3) is 0 Å². The SMILES string of the molecule is COC(=O)Cc1csc(NC(=O)Cc2ccsc2)n1. The summed E-state index contributed by atoms with van der Waals surface area (Å²) in [6.45, 7) is 0. The van der Waals surface area contributed by atoms with Crippen molar-refractivity contribution in [1.29, 1.82) is 0 Å². The molecule has 7 heteroatoms. The molecule has 19 heavy (non-hydrogen) atoms. The van der Waals surface area contributed by atoms with Gasteiger partial charge in [-0.15, -0.1) is 11.3 Å². The number of nitrogens with one attached hydrogen (secondary N) is 1. The third-order valence-corrected chi connectivity index (χ3v) is 3.83. The Kier molecular flexibility index (Phi) is 4.64. The number of ether oxygens (including phenoxy) is 1. The molecule has 100 valence electrons. The van der Waals surface area contributed by atoms with Crippen LogP contribution in [-0.4, -0.2) is 24.0 Å². The Balaban J connectivity index is 1.89. The van der Waals surface area contributed by atoms with Gasteiger partial charge < -0.3 is 10.1 Å². The quantitative estimate of drug-likeness (QED) is 0.858. The number of amides is 1. The number of aromatic nitrogens is 1. The van der Waals surface area contributed by atoms with Crippen LogP contribution in [0.25, 0.3) is 0 Å². The van der Waals surface area contributed by atoms with Gasteiger partial charge in [-0.3, -0.25) is 9.59 Å². The summed E-state index contributed by atoms with van der Waals surface area (Å²) >= 11 is 2.85. The van der Waals surface area contributed by atoms with Crippen molar-refractivity contribution in [2.24, 2.45) is 0 Å². The van der Waals surface area contributed by atoms with Crippen LogP contribution >= 0.6 is 22.7 Å². The third kappa shape index (κ3) is 4.15. The first kappa shape index (κ1) is 13.7. The normalized spacial score (nSPS) is 10.2. The highest BCUT2D eigenvalue weighted by molar-refractivity contribution is 7.14. The molecule has 1 amide bonds. The van der Waals surface area contributed by atoms with E-state index in [0.717, 1.165) is 5.56 Å². The number of carbonyl (C=O) groups is 2. The number of carbonyl (C=O) groups excluding carboxylic acids is 2. The van der Waals surface area contributed by atoms with E-state index in [0.29, 0.717) is 17.2 Å². The number of thiazole rings is 1. The van der Waals surface area contributed by atoms with Gasteiger partial charge in [0.2, 0.25) is 5.91 Å². The Hall–Kier alpha value is -1.73. The molecular formula is C12H12N2O3S2. The predicted octanol–water partition coefficient (Wildman–Crippen LogP) is 2.10. The van der Waals surface area contributed by atoms with E-state index in [-0.39, 0.29) is 18.3 Å². The van der Waals surface area contributed by atoms with Crippen LogP contribution in [0, 0.1) is 0 Å². The first-order valence-corrected chi connectivity index (χ1v) is 7.32. The van der Waals surface area contributed by atoms with Gasteiger partial charge in [-0.05, 0) is 22.4 Å². The molecular weight excluding hydrogens is 284 g/mol. The minimum Gasteiger partial charge on any atom is -0.469 e.